The van der Waals surface area contributed by atoms with E-state index in [0.29, 0.717) is 23.0 Å². The topological polar surface area (TPSA) is 99.6 Å². The van der Waals surface area contributed by atoms with Crippen molar-refractivity contribution in [1.29, 1.82) is 0 Å². The van der Waals surface area contributed by atoms with Gasteiger partial charge in [-0.3, -0.25) is 9.59 Å². The van der Waals surface area contributed by atoms with Crippen LogP contribution in [0, 0.1) is 18.8 Å². The number of nitrogens with one attached hydrogen (secondary N) is 1. The number of aryl methyl sites for hydroxylation is 1. The number of thiazole rings is 1. The maximum absolute atomic E-state index is 13.5. The minimum atomic E-state index is -1.04. The fraction of sp³-hybridized carbons (Fsp3) is 0.407. The van der Waals surface area contributed by atoms with Gasteiger partial charge in [-0.25, -0.2) is 9.78 Å². The Morgan fingerprint density at radius 2 is 1.78 bits per heavy atom. The van der Waals surface area contributed by atoms with Gasteiger partial charge in [0.1, 0.15) is 10.6 Å². The molecule has 0 bridgehead atoms. The molecule has 0 aliphatic heterocycles. The minimum absolute atomic E-state index is 0.0130. The lowest BCUT2D eigenvalue weighted by Crippen LogP contribution is -2.42. The Kier molecular flexibility index (Phi) is 7.90. The number of benzene rings is 1. The van der Waals surface area contributed by atoms with Crippen molar-refractivity contribution in [2.75, 3.05) is 10.2 Å². The van der Waals surface area contributed by atoms with Crippen LogP contribution < -0.4 is 10.2 Å². The smallest absolute Gasteiger partial charge is 0.348 e. The van der Waals surface area contributed by atoms with E-state index < -0.39 is 5.97 Å². The van der Waals surface area contributed by atoms with Gasteiger partial charge in [0, 0.05) is 27.9 Å². The molecule has 0 atom stereocenters. The first-order valence-electron chi connectivity index (χ1n) is 12.2. The predicted molar refractivity (Wildman–Crippen MR) is 145 cm³/mol. The van der Waals surface area contributed by atoms with E-state index in [9.17, 15) is 19.5 Å². The molecule has 190 valence electrons. The summed E-state index contributed by atoms with van der Waals surface area (Å²) < 4.78 is 0. The molecule has 0 unspecified atom stereocenters. The van der Waals surface area contributed by atoms with E-state index in [4.69, 9.17) is 0 Å². The molecule has 1 fully saturated rings. The van der Waals surface area contributed by atoms with Gasteiger partial charge in [0.2, 0.25) is 5.91 Å². The lowest BCUT2D eigenvalue weighted by Gasteiger charge is -2.33. The lowest BCUT2D eigenvalue weighted by molar-refractivity contribution is -0.123. The number of carbonyl (C=O) groups is 3. The zero-order valence-corrected chi connectivity index (χ0v) is 22.5. The van der Waals surface area contributed by atoms with Crippen LogP contribution in [-0.4, -0.2) is 33.9 Å². The second kappa shape index (κ2) is 10.9. The Morgan fingerprint density at radius 1 is 1.11 bits per heavy atom. The summed E-state index contributed by atoms with van der Waals surface area (Å²) in [6.07, 6.45) is 3.73. The summed E-state index contributed by atoms with van der Waals surface area (Å²) in [5, 5.41) is 15.3. The summed E-state index contributed by atoms with van der Waals surface area (Å²) in [5.41, 5.74) is 2.27. The number of nitrogens with zero attached hydrogens (tertiary/aromatic N) is 2. The van der Waals surface area contributed by atoms with Gasteiger partial charge >= 0.3 is 5.97 Å². The Balaban J connectivity index is 1.58. The van der Waals surface area contributed by atoms with E-state index in [1.54, 1.807) is 22.4 Å². The molecule has 1 aliphatic rings. The van der Waals surface area contributed by atoms with Crippen molar-refractivity contribution in [2.45, 2.75) is 59.4 Å². The quantitative estimate of drug-likeness (QED) is 0.358. The van der Waals surface area contributed by atoms with Crippen LogP contribution in [0.2, 0.25) is 0 Å². The van der Waals surface area contributed by atoms with E-state index in [1.165, 1.54) is 11.3 Å². The van der Waals surface area contributed by atoms with Crippen LogP contribution in [0.4, 0.5) is 11.4 Å². The fourth-order valence-electron chi connectivity index (χ4n) is 4.59. The van der Waals surface area contributed by atoms with E-state index in [-0.39, 0.29) is 28.7 Å². The van der Waals surface area contributed by atoms with Crippen LogP contribution in [0.25, 0.3) is 10.4 Å². The Bertz CT molecular complexity index is 1250. The molecule has 4 rings (SSSR count). The summed E-state index contributed by atoms with van der Waals surface area (Å²) in [4.78, 5) is 44.9. The van der Waals surface area contributed by atoms with E-state index in [0.717, 1.165) is 52.5 Å². The third kappa shape index (κ3) is 5.68. The van der Waals surface area contributed by atoms with Crippen LogP contribution in [0.15, 0.2) is 35.7 Å². The SMILES string of the molecule is Cc1nc(C(=O)Nc2ccc(-c3cc(N(C(=O)C4CCC(C)CC4)C(C)C)c(C(=O)O)s3)cc2)cs1. The second-order valence-electron chi connectivity index (χ2n) is 9.67. The number of hydrogen-bond donors (Lipinski definition) is 2. The number of anilines is 2. The number of thiophene rings is 1. The lowest BCUT2D eigenvalue weighted by atomic mass is 9.82. The highest BCUT2D eigenvalue weighted by molar-refractivity contribution is 7.18. The number of aromatic nitrogens is 1. The molecule has 2 aromatic heterocycles. The molecule has 3 aromatic rings. The molecule has 2 N–H and O–H groups in total. The molecule has 1 aromatic carbocycles. The fourth-order valence-corrected chi connectivity index (χ4v) is 6.18. The second-order valence-corrected chi connectivity index (χ2v) is 11.8. The molecule has 2 heterocycles. The van der Waals surface area contributed by atoms with Crippen molar-refractivity contribution < 1.29 is 19.5 Å². The van der Waals surface area contributed by atoms with Crippen LogP contribution in [0.5, 0.6) is 0 Å². The number of rotatable bonds is 7. The maximum atomic E-state index is 13.5. The third-order valence-electron chi connectivity index (χ3n) is 6.56. The first-order valence-corrected chi connectivity index (χ1v) is 13.9. The van der Waals surface area contributed by atoms with Crippen molar-refractivity contribution in [2.24, 2.45) is 11.8 Å². The van der Waals surface area contributed by atoms with Crippen molar-refractivity contribution >= 4 is 51.8 Å². The van der Waals surface area contributed by atoms with Gasteiger partial charge in [0.15, 0.2) is 0 Å². The number of carbonyl (C=O) groups excluding carboxylic acids is 2. The number of hydrogen-bond acceptors (Lipinski definition) is 6. The highest BCUT2D eigenvalue weighted by Gasteiger charge is 2.33. The van der Waals surface area contributed by atoms with Gasteiger partial charge in [-0.15, -0.1) is 22.7 Å². The maximum Gasteiger partial charge on any atom is 0.348 e. The van der Waals surface area contributed by atoms with E-state index >= 15 is 0 Å². The van der Waals surface area contributed by atoms with Crippen LogP contribution in [-0.2, 0) is 4.79 Å². The molecular weight excluding hydrogens is 494 g/mol. The highest BCUT2D eigenvalue weighted by atomic mass is 32.1. The predicted octanol–water partition coefficient (Wildman–Crippen LogP) is 6.70. The van der Waals surface area contributed by atoms with E-state index in [1.807, 2.05) is 39.0 Å². The van der Waals surface area contributed by atoms with Gasteiger partial charge in [-0.2, -0.15) is 0 Å². The van der Waals surface area contributed by atoms with Gasteiger partial charge < -0.3 is 15.3 Å². The summed E-state index contributed by atoms with van der Waals surface area (Å²) in [6.45, 7) is 7.91. The molecule has 0 spiro atoms. The average Bonchev–Trinajstić information content (AvgIpc) is 3.47. The van der Waals surface area contributed by atoms with Crippen LogP contribution >= 0.6 is 22.7 Å². The Morgan fingerprint density at radius 3 is 2.33 bits per heavy atom. The number of amides is 2. The Labute approximate surface area is 219 Å². The Hall–Kier alpha value is -3.04. The zero-order chi connectivity index (χ0) is 26.0. The molecule has 1 saturated carbocycles. The van der Waals surface area contributed by atoms with Crippen molar-refractivity contribution in [1.82, 2.24) is 4.98 Å². The minimum Gasteiger partial charge on any atom is -0.477 e. The molecule has 9 heteroatoms. The normalized spacial score (nSPS) is 17.7. The highest BCUT2D eigenvalue weighted by Crippen LogP contribution is 2.40. The summed E-state index contributed by atoms with van der Waals surface area (Å²) >= 11 is 2.58. The van der Waals surface area contributed by atoms with Crippen LogP contribution in [0.3, 0.4) is 0 Å². The molecule has 0 radical (unpaired) electrons. The van der Waals surface area contributed by atoms with Crippen molar-refractivity contribution in [3.05, 3.63) is 51.3 Å². The summed E-state index contributed by atoms with van der Waals surface area (Å²) in [7, 11) is 0. The zero-order valence-electron chi connectivity index (χ0n) is 20.9. The molecule has 0 saturated heterocycles. The standard InChI is InChI=1S/C27H31N3O4S2/c1-15(2)30(26(32)19-7-5-16(3)6-8-19)22-13-23(36-24(22)27(33)34)18-9-11-20(12-10-18)29-25(31)21-14-35-17(4)28-21/h9-16,19H,5-8H2,1-4H3,(H,29,31)(H,33,34). The third-order valence-corrected chi connectivity index (χ3v) is 8.50. The van der Waals surface area contributed by atoms with Gasteiger partial charge in [0.25, 0.3) is 5.91 Å². The summed E-state index contributed by atoms with van der Waals surface area (Å²) in [6, 6.07) is 8.88. The van der Waals surface area contributed by atoms with Crippen molar-refractivity contribution in [3.8, 4) is 10.4 Å². The molecule has 1 aliphatic carbocycles. The van der Waals surface area contributed by atoms with Crippen LogP contribution in [0.1, 0.15) is 71.6 Å². The number of aromatic carboxylic acids is 1. The summed E-state index contributed by atoms with van der Waals surface area (Å²) in [5.74, 6) is -0.749. The largest absolute Gasteiger partial charge is 0.477 e. The first-order chi connectivity index (χ1) is 17.1. The van der Waals surface area contributed by atoms with Gasteiger partial charge in [-0.1, -0.05) is 19.1 Å². The van der Waals surface area contributed by atoms with Crippen molar-refractivity contribution in [3.63, 3.8) is 0 Å². The van der Waals surface area contributed by atoms with E-state index in [2.05, 4.69) is 17.2 Å². The van der Waals surface area contributed by atoms with Gasteiger partial charge in [-0.05, 0) is 76.1 Å². The molecular formula is C27H31N3O4S2. The first kappa shape index (κ1) is 26.0. The van der Waals surface area contributed by atoms with Gasteiger partial charge in [0.05, 0.1) is 10.7 Å². The molecule has 2 amide bonds. The number of carboxylic acid groups (broad SMARTS) is 1. The number of carboxylic acids is 1. The average molecular weight is 526 g/mol. The molecule has 7 nitrogen and oxygen atoms in total. The monoisotopic (exact) mass is 525 g/mol. The molecule has 36 heavy (non-hydrogen) atoms.